The lowest BCUT2D eigenvalue weighted by Gasteiger charge is -2.38. The number of amides is 2. The van der Waals surface area contributed by atoms with E-state index in [0.717, 1.165) is 0 Å². The van der Waals surface area contributed by atoms with Gasteiger partial charge in [0.15, 0.2) is 11.4 Å². The summed E-state index contributed by atoms with van der Waals surface area (Å²) in [6.07, 6.45) is -2.32. The third kappa shape index (κ3) is 4.07. The average Bonchev–Trinajstić information content (AvgIpc) is 2.81. The summed E-state index contributed by atoms with van der Waals surface area (Å²) in [5.41, 5.74) is 5.30. The minimum atomic E-state index is -1.39. The molecular formula is C18H25N3O5. The summed E-state index contributed by atoms with van der Waals surface area (Å²) in [7, 11) is 0. The first-order chi connectivity index (χ1) is 11.8. The molecule has 2 amide bonds. The summed E-state index contributed by atoms with van der Waals surface area (Å²) in [5.74, 6) is 0.251. The monoisotopic (exact) mass is 363 g/mol. The van der Waals surface area contributed by atoms with Crippen LogP contribution in [0.5, 0.6) is 0 Å². The Labute approximate surface area is 151 Å². The Balaban J connectivity index is 2.56. The van der Waals surface area contributed by atoms with Crippen molar-refractivity contribution in [2.75, 3.05) is 5.73 Å². The van der Waals surface area contributed by atoms with Crippen LogP contribution in [0.1, 0.15) is 53.1 Å². The second-order valence-corrected chi connectivity index (χ2v) is 8.22. The van der Waals surface area contributed by atoms with E-state index in [1.54, 1.807) is 39.0 Å². The van der Waals surface area contributed by atoms with Crippen LogP contribution >= 0.6 is 0 Å². The zero-order valence-corrected chi connectivity index (χ0v) is 15.9. The topological polar surface area (TPSA) is 119 Å². The number of nitrogen functional groups attached to an aromatic ring is 1. The number of hydrogen-bond donors (Lipinski definition) is 2. The normalized spacial score (nSPS) is 13.5. The van der Waals surface area contributed by atoms with Gasteiger partial charge in [-0.3, -0.25) is 0 Å². The van der Waals surface area contributed by atoms with Crippen molar-refractivity contribution >= 4 is 29.0 Å². The molecule has 3 N–H and O–H groups in total. The fraction of sp³-hybridized carbons (Fsp3) is 0.500. The summed E-state index contributed by atoms with van der Waals surface area (Å²) in [4.78, 5) is 25.2. The molecule has 142 valence electrons. The van der Waals surface area contributed by atoms with Crippen molar-refractivity contribution in [2.24, 2.45) is 5.41 Å². The second-order valence-electron chi connectivity index (χ2n) is 8.22. The number of carbonyl (C=O) groups is 2. The van der Waals surface area contributed by atoms with E-state index in [1.165, 1.54) is 0 Å². The maximum Gasteiger partial charge on any atom is 0.420 e. The molecule has 1 unspecified atom stereocenters. The molecule has 0 saturated carbocycles. The molecule has 2 aromatic rings. The van der Waals surface area contributed by atoms with Gasteiger partial charge in [0, 0.05) is 0 Å². The largest absolute Gasteiger partial charge is 0.465 e. The lowest BCUT2D eigenvalue weighted by Crippen LogP contribution is -2.46. The van der Waals surface area contributed by atoms with E-state index in [9.17, 15) is 14.7 Å². The Morgan fingerprint density at radius 1 is 1.23 bits per heavy atom. The third-order valence-electron chi connectivity index (χ3n) is 3.71. The molecule has 2 rings (SSSR count). The van der Waals surface area contributed by atoms with Gasteiger partial charge < -0.3 is 20.1 Å². The van der Waals surface area contributed by atoms with Gasteiger partial charge in [-0.1, -0.05) is 32.0 Å². The second kappa shape index (κ2) is 6.51. The van der Waals surface area contributed by atoms with Crippen molar-refractivity contribution < 1.29 is 24.0 Å². The zero-order chi connectivity index (χ0) is 19.9. The van der Waals surface area contributed by atoms with Crippen molar-refractivity contribution in [3.63, 3.8) is 0 Å². The predicted molar refractivity (Wildman–Crippen MR) is 96.7 cm³/mol. The Morgan fingerprint density at radius 2 is 1.85 bits per heavy atom. The number of imide groups is 1. The van der Waals surface area contributed by atoms with Crippen molar-refractivity contribution in [1.29, 1.82) is 0 Å². The Hall–Kier alpha value is -2.77. The molecule has 1 aromatic carbocycles. The van der Waals surface area contributed by atoms with Crippen molar-refractivity contribution in [3.05, 3.63) is 23.8 Å². The van der Waals surface area contributed by atoms with Crippen LogP contribution in [0.25, 0.3) is 11.0 Å². The molecule has 26 heavy (non-hydrogen) atoms. The van der Waals surface area contributed by atoms with Crippen LogP contribution in [0.3, 0.4) is 0 Å². The predicted octanol–water partition coefficient (Wildman–Crippen LogP) is 4.41. The number of carbonyl (C=O) groups excluding carboxylic acids is 1. The van der Waals surface area contributed by atoms with Gasteiger partial charge in [-0.25, -0.2) is 14.5 Å². The Kier molecular flexibility index (Phi) is 4.90. The number of aromatic nitrogens is 1. The van der Waals surface area contributed by atoms with Crippen LogP contribution in [0.2, 0.25) is 0 Å². The van der Waals surface area contributed by atoms with Gasteiger partial charge in [0.05, 0.1) is 11.4 Å². The molecule has 8 heteroatoms. The minimum Gasteiger partial charge on any atom is -0.465 e. The molecule has 0 saturated heterocycles. The molecule has 0 radical (unpaired) electrons. The quantitative estimate of drug-likeness (QED) is 0.811. The van der Waals surface area contributed by atoms with E-state index in [-0.39, 0.29) is 5.82 Å². The van der Waals surface area contributed by atoms with Crippen molar-refractivity contribution in [3.8, 4) is 0 Å². The zero-order valence-electron chi connectivity index (χ0n) is 15.9. The fourth-order valence-corrected chi connectivity index (χ4v) is 2.79. The van der Waals surface area contributed by atoms with E-state index in [2.05, 4.69) is 5.16 Å². The molecular weight excluding hydrogens is 338 g/mol. The fourth-order valence-electron chi connectivity index (χ4n) is 2.79. The van der Waals surface area contributed by atoms with Gasteiger partial charge >= 0.3 is 12.2 Å². The number of nitrogens with two attached hydrogens (primary N) is 1. The molecule has 1 aromatic heterocycles. The van der Waals surface area contributed by atoms with Crippen LogP contribution < -0.4 is 5.73 Å². The van der Waals surface area contributed by atoms with E-state index >= 15 is 0 Å². The molecule has 1 atom stereocenters. The van der Waals surface area contributed by atoms with E-state index in [1.807, 2.05) is 20.8 Å². The molecule has 8 nitrogen and oxygen atoms in total. The van der Waals surface area contributed by atoms with Gasteiger partial charge in [-0.05, 0) is 43.9 Å². The average molecular weight is 363 g/mol. The highest BCUT2D eigenvalue weighted by Crippen LogP contribution is 2.40. The number of anilines is 1. The van der Waals surface area contributed by atoms with Crippen LogP contribution in [-0.2, 0) is 4.74 Å². The third-order valence-corrected chi connectivity index (χ3v) is 3.71. The van der Waals surface area contributed by atoms with Crippen LogP contribution in [0.4, 0.5) is 15.4 Å². The summed E-state index contributed by atoms with van der Waals surface area (Å²) in [5, 5.41) is 14.1. The van der Waals surface area contributed by atoms with Gasteiger partial charge in [-0.15, -0.1) is 0 Å². The van der Waals surface area contributed by atoms with Crippen molar-refractivity contribution in [2.45, 2.75) is 53.2 Å². The molecule has 0 spiro atoms. The Morgan fingerprint density at radius 3 is 2.35 bits per heavy atom. The van der Waals surface area contributed by atoms with Crippen LogP contribution in [-0.4, -0.2) is 33.0 Å². The van der Waals surface area contributed by atoms with Crippen LogP contribution in [0.15, 0.2) is 22.7 Å². The molecule has 0 aliphatic heterocycles. The number of ether oxygens (including phenoxy) is 1. The number of nitrogens with zero attached hydrogens (tertiary/aromatic N) is 2. The lowest BCUT2D eigenvalue weighted by atomic mass is 9.81. The molecule has 1 heterocycles. The first-order valence-electron chi connectivity index (χ1n) is 8.21. The number of fused-ring (bicyclic) bond motifs is 1. The maximum absolute atomic E-state index is 12.6. The summed E-state index contributed by atoms with van der Waals surface area (Å²) >= 11 is 0. The maximum atomic E-state index is 12.6. The van der Waals surface area contributed by atoms with E-state index in [0.29, 0.717) is 21.4 Å². The standard InChI is InChI=1S/C18H25N3O5/c1-17(2,3)13(21(15(22)23)16(24)25-18(4,5)6)10-7-8-11-12(9-10)26-20-14(11)19/h7-9,13H,1-6H3,(H2,19,20)(H,22,23). The number of carboxylic acid groups (broad SMARTS) is 1. The van der Waals surface area contributed by atoms with Gasteiger partial charge in [0.25, 0.3) is 0 Å². The number of hydrogen-bond acceptors (Lipinski definition) is 6. The van der Waals surface area contributed by atoms with E-state index < -0.39 is 29.2 Å². The summed E-state index contributed by atoms with van der Waals surface area (Å²) in [6.45, 7) is 10.6. The SMILES string of the molecule is CC(C)(C)OC(=O)N(C(=O)O)C(c1ccc2c(N)noc2c1)C(C)(C)C. The highest BCUT2D eigenvalue weighted by atomic mass is 16.6. The lowest BCUT2D eigenvalue weighted by molar-refractivity contribution is 0.00616. The summed E-state index contributed by atoms with van der Waals surface area (Å²) in [6, 6.07) is 4.26. The minimum absolute atomic E-state index is 0.251. The van der Waals surface area contributed by atoms with Gasteiger partial charge in [0.2, 0.25) is 0 Å². The smallest absolute Gasteiger partial charge is 0.420 e. The van der Waals surface area contributed by atoms with E-state index in [4.69, 9.17) is 15.0 Å². The van der Waals surface area contributed by atoms with Gasteiger partial charge in [-0.2, -0.15) is 0 Å². The highest BCUT2D eigenvalue weighted by molar-refractivity contribution is 5.89. The first kappa shape index (κ1) is 19.6. The summed E-state index contributed by atoms with van der Waals surface area (Å²) < 4.78 is 10.5. The number of rotatable bonds is 2. The molecule has 0 aliphatic carbocycles. The van der Waals surface area contributed by atoms with Gasteiger partial charge in [0.1, 0.15) is 5.60 Å². The molecule has 0 fully saturated rings. The Bertz CT molecular complexity index is 829. The van der Waals surface area contributed by atoms with Crippen LogP contribution in [0, 0.1) is 5.41 Å². The highest BCUT2D eigenvalue weighted by Gasteiger charge is 2.41. The van der Waals surface area contributed by atoms with Crippen molar-refractivity contribution in [1.82, 2.24) is 10.1 Å². The number of benzene rings is 1. The first-order valence-corrected chi connectivity index (χ1v) is 8.21. The molecule has 0 bridgehead atoms. The molecule has 0 aliphatic rings.